The molecule has 0 aromatic heterocycles. The first-order valence-corrected chi connectivity index (χ1v) is 3.94. The fourth-order valence-electron chi connectivity index (χ4n) is 1.07. The molecular formula is C6H10Cl2. The van der Waals surface area contributed by atoms with Crippen LogP contribution in [0.25, 0.3) is 0 Å². The number of alkyl halides is 2. The van der Waals surface area contributed by atoms with E-state index >= 15 is 0 Å². The Morgan fingerprint density at radius 2 is 1.50 bits per heavy atom. The van der Waals surface area contributed by atoms with Crippen molar-refractivity contribution in [3.8, 4) is 0 Å². The normalized spacial score (nSPS) is 39.8. The van der Waals surface area contributed by atoms with Gasteiger partial charge >= 0.3 is 0 Å². The Labute approximate surface area is 60.2 Å². The van der Waals surface area contributed by atoms with Crippen LogP contribution in [0.3, 0.4) is 0 Å². The van der Waals surface area contributed by atoms with Gasteiger partial charge in [0.25, 0.3) is 0 Å². The van der Waals surface area contributed by atoms with E-state index in [1.54, 1.807) is 0 Å². The zero-order valence-electron chi connectivity index (χ0n) is 4.74. The Morgan fingerprint density at radius 1 is 1.00 bits per heavy atom. The van der Waals surface area contributed by atoms with Crippen molar-refractivity contribution < 1.29 is 0 Å². The van der Waals surface area contributed by atoms with E-state index in [1.807, 2.05) is 0 Å². The standard InChI is InChI=1S/C6H10Cl2/c7-5-2-1-3-6(8)4-5/h5-6H,1-4H2/t5-,6+. The Balaban J connectivity index is 2.23. The predicted molar refractivity (Wildman–Crippen MR) is 37.8 cm³/mol. The van der Waals surface area contributed by atoms with Crippen molar-refractivity contribution in [2.75, 3.05) is 0 Å². The molecule has 48 valence electrons. The van der Waals surface area contributed by atoms with Gasteiger partial charge in [-0.15, -0.1) is 23.2 Å². The molecule has 1 aliphatic rings. The average Bonchev–Trinajstić information content (AvgIpc) is 1.64. The number of halogens is 2. The van der Waals surface area contributed by atoms with Gasteiger partial charge in [0.05, 0.1) is 0 Å². The average molecular weight is 153 g/mol. The molecule has 1 fully saturated rings. The van der Waals surface area contributed by atoms with Gasteiger partial charge in [-0.3, -0.25) is 0 Å². The maximum absolute atomic E-state index is 5.83. The molecule has 0 unspecified atom stereocenters. The van der Waals surface area contributed by atoms with Crippen LogP contribution in [0.15, 0.2) is 0 Å². The van der Waals surface area contributed by atoms with Crippen LogP contribution in [0.5, 0.6) is 0 Å². The highest BCUT2D eigenvalue weighted by atomic mass is 35.5. The molecule has 0 radical (unpaired) electrons. The van der Waals surface area contributed by atoms with Gasteiger partial charge < -0.3 is 0 Å². The molecule has 0 heterocycles. The molecule has 1 rings (SSSR count). The molecule has 2 heteroatoms. The molecule has 0 saturated heterocycles. The monoisotopic (exact) mass is 152 g/mol. The minimum Gasteiger partial charge on any atom is -0.123 e. The Bertz CT molecular complexity index is 64.9. The summed E-state index contributed by atoms with van der Waals surface area (Å²) in [5.74, 6) is 0. The smallest absolute Gasteiger partial charge is 0.0350 e. The van der Waals surface area contributed by atoms with E-state index in [1.165, 1.54) is 6.42 Å². The highest BCUT2D eigenvalue weighted by Crippen LogP contribution is 2.25. The quantitative estimate of drug-likeness (QED) is 0.469. The van der Waals surface area contributed by atoms with Gasteiger partial charge in [0.15, 0.2) is 0 Å². The van der Waals surface area contributed by atoms with Gasteiger partial charge in [-0.2, -0.15) is 0 Å². The molecule has 0 nitrogen and oxygen atoms in total. The summed E-state index contributed by atoms with van der Waals surface area (Å²) in [6.45, 7) is 0. The summed E-state index contributed by atoms with van der Waals surface area (Å²) >= 11 is 11.7. The molecule has 8 heavy (non-hydrogen) atoms. The highest BCUT2D eigenvalue weighted by Gasteiger charge is 2.17. The fraction of sp³-hybridized carbons (Fsp3) is 1.00. The SMILES string of the molecule is Cl[C@@H]1CCC[C@H](Cl)C1. The number of hydrogen-bond donors (Lipinski definition) is 0. The summed E-state index contributed by atoms with van der Waals surface area (Å²) in [7, 11) is 0. The molecule has 0 aromatic carbocycles. The van der Waals surface area contributed by atoms with E-state index in [0.717, 1.165) is 19.3 Å². The van der Waals surface area contributed by atoms with Crippen LogP contribution in [0, 0.1) is 0 Å². The van der Waals surface area contributed by atoms with E-state index in [2.05, 4.69) is 0 Å². The second-order valence-electron chi connectivity index (χ2n) is 2.36. The molecule has 2 atom stereocenters. The molecule has 0 aromatic rings. The predicted octanol–water partition coefficient (Wildman–Crippen LogP) is 2.78. The van der Waals surface area contributed by atoms with Gasteiger partial charge in [0.2, 0.25) is 0 Å². The molecule has 1 aliphatic carbocycles. The second-order valence-corrected chi connectivity index (χ2v) is 3.60. The first-order chi connectivity index (χ1) is 3.79. The van der Waals surface area contributed by atoms with Crippen molar-refractivity contribution >= 4 is 23.2 Å². The number of rotatable bonds is 0. The lowest BCUT2D eigenvalue weighted by molar-refractivity contribution is 0.517. The summed E-state index contributed by atoms with van der Waals surface area (Å²) in [4.78, 5) is 0. The first kappa shape index (κ1) is 6.70. The highest BCUT2D eigenvalue weighted by molar-refractivity contribution is 6.23. The van der Waals surface area contributed by atoms with E-state index < -0.39 is 0 Å². The van der Waals surface area contributed by atoms with Crippen LogP contribution in [0.4, 0.5) is 0 Å². The zero-order chi connectivity index (χ0) is 5.98. The van der Waals surface area contributed by atoms with Gasteiger partial charge in [-0.1, -0.05) is 6.42 Å². The van der Waals surface area contributed by atoms with Gasteiger partial charge in [0, 0.05) is 10.8 Å². The summed E-state index contributed by atoms with van der Waals surface area (Å²) < 4.78 is 0. The Hall–Kier alpha value is 0.580. The van der Waals surface area contributed by atoms with Gasteiger partial charge in [-0.25, -0.2) is 0 Å². The minimum atomic E-state index is 0.353. The van der Waals surface area contributed by atoms with Crippen LogP contribution in [0.1, 0.15) is 25.7 Å². The molecule has 0 N–H and O–H groups in total. The summed E-state index contributed by atoms with van der Waals surface area (Å²) in [5, 5.41) is 0.706. The third-order valence-corrected chi connectivity index (χ3v) is 2.34. The molecule has 0 bridgehead atoms. The van der Waals surface area contributed by atoms with Crippen LogP contribution in [0.2, 0.25) is 0 Å². The summed E-state index contributed by atoms with van der Waals surface area (Å²) in [6.07, 6.45) is 4.53. The summed E-state index contributed by atoms with van der Waals surface area (Å²) in [5.41, 5.74) is 0. The van der Waals surface area contributed by atoms with Crippen molar-refractivity contribution in [3.05, 3.63) is 0 Å². The summed E-state index contributed by atoms with van der Waals surface area (Å²) in [6, 6.07) is 0. The lowest BCUT2D eigenvalue weighted by Gasteiger charge is -2.19. The molecule has 0 amide bonds. The van der Waals surface area contributed by atoms with Crippen molar-refractivity contribution in [1.82, 2.24) is 0 Å². The van der Waals surface area contributed by atoms with Crippen LogP contribution in [-0.4, -0.2) is 10.8 Å². The molecule has 0 spiro atoms. The topological polar surface area (TPSA) is 0 Å². The number of hydrogen-bond acceptors (Lipinski definition) is 0. The van der Waals surface area contributed by atoms with E-state index in [4.69, 9.17) is 23.2 Å². The van der Waals surface area contributed by atoms with E-state index in [-0.39, 0.29) is 0 Å². The van der Waals surface area contributed by atoms with Gasteiger partial charge in [0.1, 0.15) is 0 Å². The Morgan fingerprint density at radius 3 is 1.75 bits per heavy atom. The van der Waals surface area contributed by atoms with Crippen LogP contribution >= 0.6 is 23.2 Å². The molecular weight excluding hydrogens is 143 g/mol. The van der Waals surface area contributed by atoms with E-state index in [0.29, 0.717) is 10.8 Å². The fourth-order valence-corrected chi connectivity index (χ4v) is 1.90. The van der Waals surface area contributed by atoms with Crippen molar-refractivity contribution in [2.24, 2.45) is 0 Å². The Kier molecular flexibility index (Phi) is 2.45. The zero-order valence-corrected chi connectivity index (χ0v) is 6.25. The third kappa shape index (κ3) is 1.83. The van der Waals surface area contributed by atoms with Crippen molar-refractivity contribution in [2.45, 2.75) is 36.4 Å². The van der Waals surface area contributed by atoms with Crippen LogP contribution < -0.4 is 0 Å². The van der Waals surface area contributed by atoms with Gasteiger partial charge in [-0.05, 0) is 19.3 Å². The second kappa shape index (κ2) is 2.93. The third-order valence-electron chi connectivity index (χ3n) is 1.55. The van der Waals surface area contributed by atoms with E-state index in [9.17, 15) is 0 Å². The van der Waals surface area contributed by atoms with Crippen molar-refractivity contribution in [1.29, 1.82) is 0 Å². The van der Waals surface area contributed by atoms with Crippen LogP contribution in [-0.2, 0) is 0 Å². The lowest BCUT2D eigenvalue weighted by atomic mass is 10.00. The molecule has 1 saturated carbocycles. The lowest BCUT2D eigenvalue weighted by Crippen LogP contribution is -2.14. The maximum atomic E-state index is 5.83. The minimum absolute atomic E-state index is 0.353. The molecule has 0 aliphatic heterocycles. The maximum Gasteiger partial charge on any atom is 0.0350 e. The van der Waals surface area contributed by atoms with Crippen molar-refractivity contribution in [3.63, 3.8) is 0 Å². The first-order valence-electron chi connectivity index (χ1n) is 3.07. The largest absolute Gasteiger partial charge is 0.123 e.